The fourth-order valence-electron chi connectivity index (χ4n) is 8.77. The predicted molar refractivity (Wildman–Crippen MR) is 137 cm³/mol. The van der Waals surface area contributed by atoms with Crippen molar-refractivity contribution in [2.75, 3.05) is 0 Å². The zero-order chi connectivity index (χ0) is 27.9. The topological polar surface area (TPSA) is 129 Å². The molecule has 3 N–H and O–H groups in total. The third-order valence-corrected chi connectivity index (χ3v) is 11.2. The van der Waals surface area contributed by atoms with Gasteiger partial charge in [-0.05, 0) is 55.1 Å². The van der Waals surface area contributed by atoms with Gasteiger partial charge in [0.15, 0.2) is 11.6 Å². The van der Waals surface area contributed by atoms with Gasteiger partial charge in [-0.2, -0.15) is 0 Å². The number of carbonyl (C=O) groups excluding carboxylic acids is 3. The number of carboxylic acid groups (broad SMARTS) is 1. The quantitative estimate of drug-likeness (QED) is 0.472. The minimum atomic E-state index is -1.03. The number of aliphatic hydroxyl groups is 2. The Labute approximate surface area is 219 Å². The van der Waals surface area contributed by atoms with E-state index in [4.69, 9.17) is 5.11 Å². The summed E-state index contributed by atoms with van der Waals surface area (Å²) in [6.45, 7) is 13.1. The van der Waals surface area contributed by atoms with Crippen LogP contribution in [0.25, 0.3) is 0 Å². The molecule has 0 radical (unpaired) electrons. The number of ketones is 3. The summed E-state index contributed by atoms with van der Waals surface area (Å²) < 4.78 is 0. The molecule has 2 saturated carbocycles. The van der Waals surface area contributed by atoms with Crippen molar-refractivity contribution in [2.45, 2.75) is 99.2 Å². The minimum Gasteiger partial charge on any atom is -0.481 e. The molecular weight excluding hydrogens is 472 g/mol. The number of carbonyl (C=O) groups is 4. The van der Waals surface area contributed by atoms with Crippen molar-refractivity contribution in [1.29, 1.82) is 0 Å². The number of carboxylic acids is 1. The molecule has 2 fully saturated rings. The van der Waals surface area contributed by atoms with Crippen LogP contribution >= 0.6 is 0 Å². The number of aliphatic carboxylic acids is 1. The molecule has 1 unspecified atom stereocenters. The molecule has 37 heavy (non-hydrogen) atoms. The Balaban J connectivity index is 1.80. The molecule has 7 nitrogen and oxygen atoms in total. The normalized spacial score (nSPS) is 42.1. The van der Waals surface area contributed by atoms with E-state index in [1.807, 2.05) is 34.6 Å². The summed E-state index contributed by atoms with van der Waals surface area (Å²) in [6.07, 6.45) is 1.42. The molecule has 0 bridgehead atoms. The van der Waals surface area contributed by atoms with E-state index in [1.165, 1.54) is 13.0 Å². The maximum atomic E-state index is 14.0. The minimum absolute atomic E-state index is 0.0379. The first-order chi connectivity index (χ1) is 16.9. The highest BCUT2D eigenvalue weighted by Crippen LogP contribution is 2.71. The highest BCUT2D eigenvalue weighted by atomic mass is 16.4. The lowest BCUT2D eigenvalue weighted by molar-refractivity contribution is -0.145. The van der Waals surface area contributed by atoms with Crippen LogP contribution in [0.5, 0.6) is 0 Å². The Kier molecular flexibility index (Phi) is 6.56. The first kappa shape index (κ1) is 27.9. The summed E-state index contributed by atoms with van der Waals surface area (Å²) >= 11 is 0. The number of rotatable bonds is 5. The first-order valence-electron chi connectivity index (χ1n) is 13.5. The van der Waals surface area contributed by atoms with Gasteiger partial charge in [-0.15, -0.1) is 0 Å². The maximum Gasteiger partial charge on any atom is 0.306 e. The van der Waals surface area contributed by atoms with E-state index >= 15 is 0 Å². The van der Waals surface area contributed by atoms with Crippen molar-refractivity contribution in [2.24, 2.45) is 39.4 Å². The molecule has 0 aromatic rings. The largest absolute Gasteiger partial charge is 0.481 e. The van der Waals surface area contributed by atoms with E-state index in [-0.39, 0.29) is 42.0 Å². The Morgan fingerprint density at radius 1 is 1.08 bits per heavy atom. The van der Waals surface area contributed by atoms with E-state index in [1.54, 1.807) is 0 Å². The predicted octanol–water partition coefficient (Wildman–Crippen LogP) is 4.05. The SMILES string of the molecule is C/C(=C/C(=O)CC(C)C(=O)O)[C@H]1C[C@H](O)[C@@]2(C)C3=C(C(=O)C[C@]12C)[C@@]1(C)CCC(=O)C(C)(C)[C@@H]1C[C@@H]3O. The van der Waals surface area contributed by atoms with Crippen LogP contribution < -0.4 is 0 Å². The van der Waals surface area contributed by atoms with E-state index in [0.29, 0.717) is 36.8 Å². The molecule has 4 rings (SSSR count). The third kappa shape index (κ3) is 3.75. The van der Waals surface area contributed by atoms with Gasteiger partial charge >= 0.3 is 5.97 Å². The lowest BCUT2D eigenvalue weighted by Gasteiger charge is -2.61. The summed E-state index contributed by atoms with van der Waals surface area (Å²) in [5, 5.41) is 32.4. The molecule has 0 amide bonds. The Morgan fingerprint density at radius 2 is 1.70 bits per heavy atom. The van der Waals surface area contributed by atoms with Crippen LogP contribution in [0.1, 0.15) is 87.0 Å². The van der Waals surface area contributed by atoms with Crippen molar-refractivity contribution in [3.05, 3.63) is 22.8 Å². The van der Waals surface area contributed by atoms with Crippen molar-refractivity contribution in [3.8, 4) is 0 Å². The molecule has 0 spiro atoms. The molecule has 8 atom stereocenters. The van der Waals surface area contributed by atoms with Gasteiger partial charge < -0.3 is 15.3 Å². The van der Waals surface area contributed by atoms with Crippen LogP contribution in [0.2, 0.25) is 0 Å². The van der Waals surface area contributed by atoms with E-state index in [2.05, 4.69) is 6.92 Å². The van der Waals surface area contributed by atoms with Crippen molar-refractivity contribution < 1.29 is 34.5 Å². The molecule has 0 aromatic heterocycles. The van der Waals surface area contributed by atoms with Gasteiger partial charge in [-0.25, -0.2) is 0 Å². The summed E-state index contributed by atoms with van der Waals surface area (Å²) in [6, 6.07) is 0. The molecule has 0 heterocycles. The van der Waals surface area contributed by atoms with Crippen LogP contribution in [0.15, 0.2) is 22.8 Å². The molecule has 4 aliphatic rings. The molecule has 7 heteroatoms. The average Bonchev–Trinajstić information content (AvgIpc) is 2.99. The Bertz CT molecular complexity index is 1130. The summed E-state index contributed by atoms with van der Waals surface area (Å²) in [7, 11) is 0. The number of aliphatic hydroxyl groups excluding tert-OH is 2. The number of hydrogen-bond donors (Lipinski definition) is 3. The van der Waals surface area contributed by atoms with Crippen LogP contribution in [0, 0.1) is 39.4 Å². The van der Waals surface area contributed by atoms with Gasteiger partial charge in [0.1, 0.15) is 5.78 Å². The van der Waals surface area contributed by atoms with Crippen molar-refractivity contribution in [1.82, 2.24) is 0 Å². The maximum absolute atomic E-state index is 14.0. The molecular formula is C30H42O7. The smallest absolute Gasteiger partial charge is 0.306 e. The molecule has 4 aliphatic carbocycles. The van der Waals surface area contributed by atoms with E-state index in [0.717, 1.165) is 5.57 Å². The van der Waals surface area contributed by atoms with Crippen LogP contribution in [0.4, 0.5) is 0 Å². The van der Waals surface area contributed by atoms with Gasteiger partial charge in [0, 0.05) is 41.1 Å². The Hall–Kier alpha value is -2.12. The van der Waals surface area contributed by atoms with Crippen molar-refractivity contribution >= 4 is 23.3 Å². The number of hydrogen-bond acceptors (Lipinski definition) is 6. The molecule has 0 aliphatic heterocycles. The lowest BCUT2D eigenvalue weighted by Crippen LogP contribution is -2.60. The number of fused-ring (bicyclic) bond motifs is 4. The summed E-state index contributed by atoms with van der Waals surface area (Å²) in [5.74, 6) is -2.44. The lowest BCUT2D eigenvalue weighted by atomic mass is 9.42. The van der Waals surface area contributed by atoms with Gasteiger partial charge in [0.05, 0.1) is 18.1 Å². The molecule has 204 valence electrons. The fraction of sp³-hybridized carbons (Fsp3) is 0.733. The van der Waals surface area contributed by atoms with E-state index in [9.17, 15) is 29.4 Å². The zero-order valence-corrected chi connectivity index (χ0v) is 23.2. The highest BCUT2D eigenvalue weighted by Gasteiger charge is 2.69. The number of allylic oxidation sites excluding steroid dienone is 3. The molecule has 0 saturated heterocycles. The first-order valence-corrected chi connectivity index (χ1v) is 13.5. The Morgan fingerprint density at radius 3 is 2.30 bits per heavy atom. The molecule has 0 aromatic carbocycles. The second kappa shape index (κ2) is 8.70. The average molecular weight is 515 g/mol. The third-order valence-electron chi connectivity index (χ3n) is 11.2. The standard InChI is InChI=1S/C30H42O7/c1-15(10-17(31)11-16(2)26(36)37)18-12-23(35)30(7)25-19(32)13-21-27(3,4)22(34)8-9-28(21,5)24(25)20(33)14-29(18,30)6/h10,16,18-19,21,23,32,35H,8-9,11-14H2,1-7H3,(H,36,37)/b15-10-/t16?,18-,19+,21+,23+,28+,29-,30+/m1/s1. The van der Waals surface area contributed by atoms with Crippen LogP contribution in [-0.2, 0) is 19.2 Å². The van der Waals surface area contributed by atoms with Crippen LogP contribution in [0.3, 0.4) is 0 Å². The van der Waals surface area contributed by atoms with Gasteiger partial charge in [-0.3, -0.25) is 19.2 Å². The summed E-state index contributed by atoms with van der Waals surface area (Å²) in [5.41, 5.74) is -0.855. The number of Topliss-reactive ketones (excluding diaryl/α,β-unsaturated/α-hetero) is 2. The second-order valence-electron chi connectivity index (χ2n) is 13.5. The monoisotopic (exact) mass is 514 g/mol. The van der Waals surface area contributed by atoms with Gasteiger partial charge in [0.25, 0.3) is 0 Å². The fourth-order valence-corrected chi connectivity index (χ4v) is 8.77. The van der Waals surface area contributed by atoms with Gasteiger partial charge in [-0.1, -0.05) is 47.1 Å². The van der Waals surface area contributed by atoms with Crippen LogP contribution in [-0.4, -0.2) is 50.8 Å². The van der Waals surface area contributed by atoms with E-state index < -0.39 is 45.8 Å². The highest BCUT2D eigenvalue weighted by molar-refractivity contribution is 6.01. The second-order valence-corrected chi connectivity index (χ2v) is 13.5. The summed E-state index contributed by atoms with van der Waals surface area (Å²) in [4.78, 5) is 50.7. The van der Waals surface area contributed by atoms with Crippen molar-refractivity contribution in [3.63, 3.8) is 0 Å². The zero-order valence-electron chi connectivity index (χ0n) is 23.2. The van der Waals surface area contributed by atoms with Gasteiger partial charge in [0.2, 0.25) is 0 Å².